The van der Waals surface area contributed by atoms with Crippen LogP contribution in [0.1, 0.15) is 84.0 Å². The fourth-order valence-corrected chi connectivity index (χ4v) is 2.92. The van der Waals surface area contributed by atoms with Gasteiger partial charge >= 0.3 is 7.80 Å². The van der Waals surface area contributed by atoms with Crippen molar-refractivity contribution >= 4 is 7.80 Å². The van der Waals surface area contributed by atoms with Crippen LogP contribution in [-0.4, -0.2) is 17.6 Å². The van der Waals surface area contributed by atoms with Gasteiger partial charge in [-0.25, -0.2) is 0 Å². The SMILES string of the molecule is CCCCCCCCCCCCCC[P+](=O)CO. The molecule has 0 aliphatic rings. The molecule has 0 radical (unpaired) electrons. The van der Waals surface area contributed by atoms with E-state index in [0.717, 1.165) is 6.42 Å². The van der Waals surface area contributed by atoms with Gasteiger partial charge < -0.3 is 5.11 Å². The third-order valence-corrected chi connectivity index (χ3v) is 4.55. The van der Waals surface area contributed by atoms with Crippen molar-refractivity contribution in [2.75, 3.05) is 12.5 Å². The molecule has 3 heteroatoms. The molecule has 1 N–H and O–H groups in total. The first-order valence-electron chi connectivity index (χ1n) is 7.84. The average molecular weight is 275 g/mol. The summed E-state index contributed by atoms with van der Waals surface area (Å²) in [5, 5.41) is 8.63. The van der Waals surface area contributed by atoms with E-state index in [1.54, 1.807) is 0 Å². The van der Waals surface area contributed by atoms with Crippen LogP contribution >= 0.6 is 7.80 Å². The van der Waals surface area contributed by atoms with Crippen LogP contribution in [0.15, 0.2) is 0 Å². The predicted molar refractivity (Wildman–Crippen MR) is 80.6 cm³/mol. The molecule has 0 spiro atoms. The monoisotopic (exact) mass is 275 g/mol. The smallest absolute Gasteiger partial charge is 0.353 e. The van der Waals surface area contributed by atoms with Gasteiger partial charge in [0.25, 0.3) is 0 Å². The fourth-order valence-electron chi connectivity index (χ4n) is 2.20. The number of rotatable bonds is 14. The summed E-state index contributed by atoms with van der Waals surface area (Å²) >= 11 is 0. The van der Waals surface area contributed by atoms with Gasteiger partial charge in [0.05, 0.1) is 0 Å². The zero-order valence-corrected chi connectivity index (χ0v) is 13.1. The second-order valence-corrected chi connectivity index (χ2v) is 6.93. The molecule has 2 nitrogen and oxygen atoms in total. The Balaban J connectivity index is 2.97. The van der Waals surface area contributed by atoms with Crippen LogP contribution in [0.3, 0.4) is 0 Å². The third kappa shape index (κ3) is 14.1. The predicted octanol–water partition coefficient (Wildman–Crippen LogP) is 5.46. The van der Waals surface area contributed by atoms with Crippen molar-refractivity contribution in [1.29, 1.82) is 0 Å². The Morgan fingerprint density at radius 1 is 0.722 bits per heavy atom. The number of hydrogen-bond donors (Lipinski definition) is 1. The zero-order chi connectivity index (χ0) is 13.5. The van der Waals surface area contributed by atoms with E-state index in [1.807, 2.05) is 0 Å². The molecule has 0 aliphatic heterocycles. The summed E-state index contributed by atoms with van der Waals surface area (Å²) in [6.45, 7) is 2.26. The van der Waals surface area contributed by atoms with Gasteiger partial charge in [-0.3, -0.25) is 0 Å². The molecule has 0 aliphatic carbocycles. The molecule has 0 heterocycles. The first-order chi connectivity index (χ1) is 8.81. The maximum atomic E-state index is 11.0. The quantitative estimate of drug-likeness (QED) is 0.337. The molecule has 0 bridgehead atoms. The topological polar surface area (TPSA) is 37.3 Å². The largest absolute Gasteiger partial charge is 0.366 e. The Labute approximate surface area is 114 Å². The molecule has 0 aromatic heterocycles. The molecule has 0 saturated carbocycles. The van der Waals surface area contributed by atoms with Crippen molar-refractivity contribution in [2.45, 2.75) is 84.0 Å². The average Bonchev–Trinajstić information content (AvgIpc) is 2.39. The van der Waals surface area contributed by atoms with Gasteiger partial charge in [0.15, 0.2) is 0 Å². The molecular formula is C15H32O2P+. The molecule has 0 fully saturated rings. The third-order valence-electron chi connectivity index (χ3n) is 3.42. The zero-order valence-electron chi connectivity index (χ0n) is 12.2. The Hall–Kier alpha value is 0.0600. The van der Waals surface area contributed by atoms with Gasteiger partial charge in [0.1, 0.15) is 6.16 Å². The lowest BCUT2D eigenvalue weighted by Crippen LogP contribution is -1.85. The normalized spacial score (nSPS) is 11.8. The molecule has 0 rings (SSSR count). The lowest BCUT2D eigenvalue weighted by atomic mass is 10.1. The molecule has 0 amide bonds. The Bertz CT molecular complexity index is 183. The van der Waals surface area contributed by atoms with Crippen LogP contribution in [0, 0.1) is 0 Å². The number of hydrogen-bond acceptors (Lipinski definition) is 2. The van der Waals surface area contributed by atoms with E-state index in [-0.39, 0.29) is 6.35 Å². The van der Waals surface area contributed by atoms with Gasteiger partial charge in [-0.2, -0.15) is 0 Å². The molecule has 0 aromatic rings. The van der Waals surface area contributed by atoms with Gasteiger partial charge in [0, 0.05) is 0 Å². The maximum Gasteiger partial charge on any atom is 0.366 e. The number of aliphatic hydroxyl groups excluding tert-OH is 1. The summed E-state index contributed by atoms with van der Waals surface area (Å²) in [7, 11) is -1.31. The van der Waals surface area contributed by atoms with E-state index in [0.29, 0.717) is 6.16 Å². The Kier molecular flexibility index (Phi) is 15.2. The van der Waals surface area contributed by atoms with Crippen LogP contribution < -0.4 is 0 Å². The summed E-state index contributed by atoms with van der Waals surface area (Å²) in [4.78, 5) is 0. The van der Waals surface area contributed by atoms with Crippen LogP contribution in [0.25, 0.3) is 0 Å². The van der Waals surface area contributed by atoms with Crippen molar-refractivity contribution in [2.24, 2.45) is 0 Å². The molecule has 1 unspecified atom stereocenters. The highest BCUT2D eigenvalue weighted by Crippen LogP contribution is 2.21. The van der Waals surface area contributed by atoms with Crippen molar-refractivity contribution in [3.63, 3.8) is 0 Å². The number of aliphatic hydroxyl groups is 1. The van der Waals surface area contributed by atoms with Crippen molar-refractivity contribution < 1.29 is 9.67 Å². The minimum atomic E-state index is -1.31. The first kappa shape index (κ1) is 18.1. The highest BCUT2D eigenvalue weighted by molar-refractivity contribution is 7.44. The summed E-state index contributed by atoms with van der Waals surface area (Å²) in [5.41, 5.74) is 0. The molecule has 0 saturated heterocycles. The van der Waals surface area contributed by atoms with E-state index in [9.17, 15) is 4.57 Å². The van der Waals surface area contributed by atoms with Crippen molar-refractivity contribution in [1.82, 2.24) is 0 Å². The standard InChI is InChI=1S/C15H32O2P/c1-2-3-4-5-6-7-8-9-10-11-12-13-14-18(17)15-16/h16H,2-15H2,1H3/q+1. The van der Waals surface area contributed by atoms with Gasteiger partial charge in [0.2, 0.25) is 6.35 Å². The molecule has 1 atom stereocenters. The van der Waals surface area contributed by atoms with E-state index in [2.05, 4.69) is 6.92 Å². The van der Waals surface area contributed by atoms with E-state index < -0.39 is 7.80 Å². The number of unbranched alkanes of at least 4 members (excludes halogenated alkanes) is 11. The minimum absolute atomic E-state index is 0.132. The second-order valence-electron chi connectivity index (χ2n) is 5.24. The van der Waals surface area contributed by atoms with Crippen molar-refractivity contribution in [3.05, 3.63) is 0 Å². The van der Waals surface area contributed by atoms with Crippen LogP contribution in [-0.2, 0) is 4.57 Å². The summed E-state index contributed by atoms with van der Waals surface area (Å²) in [6, 6.07) is 0. The maximum absolute atomic E-state index is 11.0. The van der Waals surface area contributed by atoms with Gasteiger partial charge in [-0.15, -0.1) is 0 Å². The molecule has 0 aromatic carbocycles. The highest BCUT2D eigenvalue weighted by atomic mass is 31.1. The van der Waals surface area contributed by atoms with E-state index in [4.69, 9.17) is 5.11 Å². The minimum Gasteiger partial charge on any atom is -0.353 e. The summed E-state index contributed by atoms with van der Waals surface area (Å²) in [6.07, 6.45) is 16.5. The second kappa shape index (κ2) is 15.1. The van der Waals surface area contributed by atoms with Crippen molar-refractivity contribution in [3.8, 4) is 0 Å². The van der Waals surface area contributed by atoms with Crippen LogP contribution in [0.5, 0.6) is 0 Å². The van der Waals surface area contributed by atoms with Gasteiger partial charge in [-0.05, 0) is 12.8 Å². The molecule has 108 valence electrons. The summed E-state index contributed by atoms with van der Waals surface area (Å²) < 4.78 is 11.0. The van der Waals surface area contributed by atoms with Crippen LogP contribution in [0.4, 0.5) is 0 Å². The highest BCUT2D eigenvalue weighted by Gasteiger charge is 2.10. The molecule has 18 heavy (non-hydrogen) atoms. The Morgan fingerprint density at radius 3 is 1.50 bits per heavy atom. The van der Waals surface area contributed by atoms with E-state index in [1.165, 1.54) is 70.6 Å². The van der Waals surface area contributed by atoms with Crippen LogP contribution in [0.2, 0.25) is 0 Å². The summed E-state index contributed by atoms with van der Waals surface area (Å²) in [5.74, 6) is 0. The van der Waals surface area contributed by atoms with Gasteiger partial charge in [-0.1, -0.05) is 75.7 Å². The first-order valence-corrected chi connectivity index (χ1v) is 9.47. The lowest BCUT2D eigenvalue weighted by Gasteiger charge is -2.01. The molecular weight excluding hydrogens is 243 g/mol. The van der Waals surface area contributed by atoms with E-state index >= 15 is 0 Å². The lowest BCUT2D eigenvalue weighted by molar-refractivity contribution is 0.362. The Morgan fingerprint density at radius 2 is 1.11 bits per heavy atom. The fraction of sp³-hybridized carbons (Fsp3) is 1.00.